The van der Waals surface area contributed by atoms with E-state index in [1.165, 1.54) is 25.7 Å². The first-order chi connectivity index (χ1) is 8.18. The van der Waals surface area contributed by atoms with Crippen LogP contribution in [0.2, 0.25) is 0 Å². The van der Waals surface area contributed by atoms with Crippen molar-refractivity contribution in [2.45, 2.75) is 51.7 Å². The molecule has 0 bridgehead atoms. The van der Waals surface area contributed by atoms with Crippen molar-refractivity contribution in [2.24, 2.45) is 0 Å². The molecule has 2 rings (SSSR count). The van der Waals surface area contributed by atoms with Crippen molar-refractivity contribution in [2.75, 3.05) is 11.4 Å². The van der Waals surface area contributed by atoms with Gasteiger partial charge < -0.3 is 10.0 Å². The normalized spacial score (nSPS) is 23.2. The predicted octanol–water partition coefficient (Wildman–Crippen LogP) is 2.90. The summed E-state index contributed by atoms with van der Waals surface area (Å²) in [7, 11) is 0. The maximum Gasteiger partial charge on any atom is 0.128 e. The van der Waals surface area contributed by atoms with Crippen LogP contribution in [0.15, 0.2) is 18.3 Å². The Bertz CT molecular complexity index is 348. The number of aliphatic hydroxyl groups excluding tert-OH is 1. The van der Waals surface area contributed by atoms with Gasteiger partial charge >= 0.3 is 0 Å². The van der Waals surface area contributed by atoms with Crippen LogP contribution in [0.5, 0.6) is 0 Å². The predicted molar refractivity (Wildman–Crippen MR) is 70.1 cm³/mol. The molecule has 1 aromatic heterocycles. The van der Waals surface area contributed by atoms with Crippen LogP contribution in [0, 0.1) is 0 Å². The maximum atomic E-state index is 9.47. The number of nitrogens with zero attached hydrogens (tertiary/aromatic N) is 2. The summed E-state index contributed by atoms with van der Waals surface area (Å²) in [5.41, 5.74) is 0.885. The first-order valence-electron chi connectivity index (χ1n) is 6.59. The summed E-state index contributed by atoms with van der Waals surface area (Å²) in [6.45, 7) is 5.14. The van der Waals surface area contributed by atoms with Crippen molar-refractivity contribution >= 4 is 5.82 Å². The van der Waals surface area contributed by atoms with Gasteiger partial charge in [0.1, 0.15) is 5.82 Å². The van der Waals surface area contributed by atoms with Gasteiger partial charge in [0.25, 0.3) is 0 Å². The molecule has 0 aromatic carbocycles. The number of hydrogen-bond donors (Lipinski definition) is 1. The van der Waals surface area contributed by atoms with Crippen molar-refractivity contribution in [1.29, 1.82) is 0 Å². The molecular weight excluding hydrogens is 212 g/mol. The Morgan fingerprint density at radius 1 is 1.35 bits per heavy atom. The molecule has 3 nitrogen and oxygen atoms in total. The van der Waals surface area contributed by atoms with Gasteiger partial charge in [0, 0.05) is 18.8 Å². The zero-order valence-electron chi connectivity index (χ0n) is 10.8. The minimum absolute atomic E-state index is 0.432. The molecule has 0 spiro atoms. The molecule has 1 aliphatic rings. The molecule has 1 unspecified atom stereocenters. The fourth-order valence-electron chi connectivity index (χ4n) is 2.43. The largest absolute Gasteiger partial charge is 0.389 e. The molecule has 1 aliphatic heterocycles. The van der Waals surface area contributed by atoms with Crippen LogP contribution >= 0.6 is 0 Å². The molecule has 3 heteroatoms. The molecule has 1 aromatic rings. The van der Waals surface area contributed by atoms with Gasteiger partial charge in [-0.3, -0.25) is 0 Å². The van der Waals surface area contributed by atoms with E-state index >= 15 is 0 Å². The lowest BCUT2D eigenvalue weighted by atomic mass is 10.1. The van der Waals surface area contributed by atoms with E-state index in [2.05, 4.69) is 16.8 Å². The van der Waals surface area contributed by atoms with Crippen molar-refractivity contribution in [1.82, 2.24) is 4.98 Å². The second kappa shape index (κ2) is 5.50. The van der Waals surface area contributed by atoms with Crippen molar-refractivity contribution in [3.05, 3.63) is 23.9 Å². The Morgan fingerprint density at radius 3 is 2.82 bits per heavy atom. The van der Waals surface area contributed by atoms with Crippen LogP contribution in [0.4, 0.5) is 5.82 Å². The monoisotopic (exact) mass is 234 g/mol. The molecule has 1 saturated heterocycles. The van der Waals surface area contributed by atoms with E-state index in [0.717, 1.165) is 17.9 Å². The lowest BCUT2D eigenvalue weighted by Crippen LogP contribution is -2.33. The number of rotatable bonds is 2. The lowest BCUT2D eigenvalue weighted by Gasteiger charge is -2.28. The molecule has 0 radical (unpaired) electrons. The zero-order chi connectivity index (χ0) is 12.3. The summed E-state index contributed by atoms with van der Waals surface area (Å²) < 4.78 is 0. The standard InChI is InChI=1S/C14H22N2O/c1-11-6-4-3-5-9-16(11)14-8-7-13(10-15-14)12(2)17/h7-8,10-12,17H,3-6,9H2,1-2H3/t11?,12-/m0/s1. The molecule has 0 aliphatic carbocycles. The molecule has 2 atom stereocenters. The smallest absolute Gasteiger partial charge is 0.128 e. The van der Waals surface area contributed by atoms with Crippen LogP contribution in [0.25, 0.3) is 0 Å². The van der Waals surface area contributed by atoms with Crippen LogP contribution in [-0.4, -0.2) is 22.7 Å². The van der Waals surface area contributed by atoms with Gasteiger partial charge in [-0.15, -0.1) is 0 Å². The topological polar surface area (TPSA) is 36.4 Å². The first kappa shape index (κ1) is 12.4. The number of aliphatic hydroxyl groups is 1. The maximum absolute atomic E-state index is 9.47. The fraction of sp³-hybridized carbons (Fsp3) is 0.643. The van der Waals surface area contributed by atoms with E-state index in [-0.39, 0.29) is 0 Å². The fourth-order valence-corrected chi connectivity index (χ4v) is 2.43. The van der Waals surface area contributed by atoms with Crippen molar-refractivity contribution in [3.8, 4) is 0 Å². The van der Waals surface area contributed by atoms with E-state index in [0.29, 0.717) is 6.04 Å². The SMILES string of the molecule is CC1CCCCCN1c1ccc([C@H](C)O)cn1. The van der Waals surface area contributed by atoms with Crippen LogP contribution in [-0.2, 0) is 0 Å². The summed E-state index contributed by atoms with van der Waals surface area (Å²) >= 11 is 0. The third-order valence-electron chi connectivity index (χ3n) is 3.60. The highest BCUT2D eigenvalue weighted by atomic mass is 16.3. The van der Waals surface area contributed by atoms with E-state index in [4.69, 9.17) is 0 Å². The van der Waals surface area contributed by atoms with Crippen molar-refractivity contribution < 1.29 is 5.11 Å². The highest BCUT2D eigenvalue weighted by Gasteiger charge is 2.18. The molecule has 0 amide bonds. The number of hydrogen-bond acceptors (Lipinski definition) is 3. The molecule has 0 saturated carbocycles. The zero-order valence-corrected chi connectivity index (χ0v) is 10.8. The molecule has 2 heterocycles. The highest BCUT2D eigenvalue weighted by molar-refractivity contribution is 5.40. The second-order valence-corrected chi connectivity index (χ2v) is 5.02. The number of aromatic nitrogens is 1. The van der Waals surface area contributed by atoms with Crippen LogP contribution < -0.4 is 4.90 Å². The molecule has 1 fully saturated rings. The van der Waals surface area contributed by atoms with Gasteiger partial charge in [0.15, 0.2) is 0 Å². The van der Waals surface area contributed by atoms with E-state index in [1.54, 1.807) is 13.1 Å². The first-order valence-corrected chi connectivity index (χ1v) is 6.59. The van der Waals surface area contributed by atoms with Gasteiger partial charge in [0.05, 0.1) is 6.10 Å². The Labute approximate surface area is 103 Å². The van der Waals surface area contributed by atoms with Gasteiger partial charge in [0.2, 0.25) is 0 Å². The Kier molecular flexibility index (Phi) is 4.00. The Morgan fingerprint density at radius 2 is 2.18 bits per heavy atom. The third-order valence-corrected chi connectivity index (χ3v) is 3.60. The molecule has 17 heavy (non-hydrogen) atoms. The van der Waals surface area contributed by atoms with Gasteiger partial charge in [-0.1, -0.05) is 18.9 Å². The minimum atomic E-state index is -0.432. The quantitative estimate of drug-likeness (QED) is 0.854. The van der Waals surface area contributed by atoms with Crippen molar-refractivity contribution in [3.63, 3.8) is 0 Å². The van der Waals surface area contributed by atoms with Crippen LogP contribution in [0.1, 0.15) is 51.2 Å². The van der Waals surface area contributed by atoms with Gasteiger partial charge in [-0.05, 0) is 38.3 Å². The lowest BCUT2D eigenvalue weighted by molar-refractivity contribution is 0.199. The summed E-state index contributed by atoms with van der Waals surface area (Å²) in [5.74, 6) is 1.05. The minimum Gasteiger partial charge on any atom is -0.389 e. The molecule has 1 N–H and O–H groups in total. The van der Waals surface area contributed by atoms with Gasteiger partial charge in [-0.25, -0.2) is 4.98 Å². The summed E-state index contributed by atoms with van der Waals surface area (Å²) in [6.07, 6.45) is 6.51. The van der Waals surface area contributed by atoms with E-state index in [9.17, 15) is 5.11 Å². The Balaban J connectivity index is 2.14. The summed E-state index contributed by atoms with van der Waals surface area (Å²) in [4.78, 5) is 6.87. The number of anilines is 1. The Hall–Kier alpha value is -1.09. The average molecular weight is 234 g/mol. The number of pyridine rings is 1. The van der Waals surface area contributed by atoms with Crippen LogP contribution in [0.3, 0.4) is 0 Å². The summed E-state index contributed by atoms with van der Waals surface area (Å²) in [5, 5.41) is 9.47. The molecular formula is C14H22N2O. The van der Waals surface area contributed by atoms with Gasteiger partial charge in [-0.2, -0.15) is 0 Å². The highest BCUT2D eigenvalue weighted by Crippen LogP contribution is 2.23. The third kappa shape index (κ3) is 2.97. The average Bonchev–Trinajstić information content (AvgIpc) is 2.54. The van der Waals surface area contributed by atoms with E-state index < -0.39 is 6.10 Å². The second-order valence-electron chi connectivity index (χ2n) is 5.02. The van der Waals surface area contributed by atoms with E-state index in [1.807, 2.05) is 12.1 Å². The summed E-state index contributed by atoms with van der Waals surface area (Å²) in [6, 6.07) is 4.58. The molecule has 94 valence electrons.